The number of esters is 1. The van der Waals surface area contributed by atoms with Crippen LogP contribution >= 0.6 is 0 Å². The van der Waals surface area contributed by atoms with Crippen LogP contribution in [0.1, 0.15) is 17.3 Å². The fourth-order valence-electron chi connectivity index (χ4n) is 1.41. The first kappa shape index (κ1) is 10.4. The van der Waals surface area contributed by atoms with Crippen LogP contribution in [0.4, 0.5) is 5.69 Å². The number of carbonyl (C=O) groups excluding carboxylic acids is 1. The lowest BCUT2D eigenvalue weighted by Gasteiger charge is -2.06. The number of anilines is 1. The van der Waals surface area contributed by atoms with Crippen LogP contribution in [0, 0.1) is 0 Å². The molecule has 5 heteroatoms. The van der Waals surface area contributed by atoms with Gasteiger partial charge in [0, 0.05) is 18.1 Å². The van der Waals surface area contributed by atoms with E-state index in [1.165, 1.54) is 0 Å². The van der Waals surface area contributed by atoms with Crippen molar-refractivity contribution in [3.05, 3.63) is 30.1 Å². The van der Waals surface area contributed by atoms with Crippen molar-refractivity contribution >= 4 is 22.7 Å². The summed E-state index contributed by atoms with van der Waals surface area (Å²) in [4.78, 5) is 19.8. The Morgan fingerprint density at radius 1 is 1.31 bits per heavy atom. The maximum Gasteiger partial charge on any atom is 0.340 e. The number of aromatic nitrogens is 2. The number of hydrogen-bond donors (Lipinski definition) is 1. The van der Waals surface area contributed by atoms with Crippen LogP contribution < -0.4 is 5.73 Å². The molecule has 0 aliphatic heterocycles. The topological polar surface area (TPSA) is 78.1 Å². The summed E-state index contributed by atoms with van der Waals surface area (Å²) in [6.45, 7) is 2.06. The normalized spacial score (nSPS) is 10.3. The molecule has 0 aliphatic carbocycles. The molecule has 0 radical (unpaired) electrons. The molecule has 0 unspecified atom stereocenters. The predicted molar refractivity (Wildman–Crippen MR) is 59.9 cm³/mol. The van der Waals surface area contributed by atoms with Gasteiger partial charge in [0.15, 0.2) is 0 Å². The van der Waals surface area contributed by atoms with Crippen molar-refractivity contribution < 1.29 is 9.53 Å². The lowest BCUT2D eigenvalue weighted by Crippen LogP contribution is -2.08. The molecule has 1 aromatic carbocycles. The molecular formula is C11H11N3O2. The summed E-state index contributed by atoms with van der Waals surface area (Å²) in [5.74, 6) is -0.437. The minimum Gasteiger partial charge on any atom is -0.462 e. The van der Waals surface area contributed by atoms with E-state index in [0.717, 1.165) is 0 Å². The van der Waals surface area contributed by atoms with Gasteiger partial charge in [0.1, 0.15) is 0 Å². The van der Waals surface area contributed by atoms with Crippen LogP contribution in [0.2, 0.25) is 0 Å². The zero-order valence-electron chi connectivity index (χ0n) is 8.80. The molecule has 0 amide bonds. The molecule has 0 atom stereocenters. The van der Waals surface area contributed by atoms with Crippen LogP contribution in [0.5, 0.6) is 0 Å². The van der Waals surface area contributed by atoms with Crippen molar-refractivity contribution in [3.8, 4) is 0 Å². The van der Waals surface area contributed by atoms with E-state index in [-0.39, 0.29) is 0 Å². The lowest BCUT2D eigenvalue weighted by molar-refractivity contribution is 0.0528. The average molecular weight is 217 g/mol. The summed E-state index contributed by atoms with van der Waals surface area (Å²) in [6, 6.07) is 3.21. The molecule has 0 spiro atoms. The molecule has 0 saturated heterocycles. The van der Waals surface area contributed by atoms with Gasteiger partial charge in [-0.05, 0) is 19.1 Å². The fraction of sp³-hybridized carbons (Fsp3) is 0.182. The summed E-state index contributed by atoms with van der Waals surface area (Å²) in [6.07, 6.45) is 3.14. The van der Waals surface area contributed by atoms with E-state index in [9.17, 15) is 4.79 Å². The Kier molecular flexibility index (Phi) is 2.68. The molecule has 2 rings (SSSR count). The first-order valence-electron chi connectivity index (χ1n) is 4.89. The first-order valence-corrected chi connectivity index (χ1v) is 4.89. The van der Waals surface area contributed by atoms with Gasteiger partial charge in [0.05, 0.1) is 23.2 Å². The predicted octanol–water partition coefficient (Wildman–Crippen LogP) is 1.39. The summed E-state index contributed by atoms with van der Waals surface area (Å²) in [7, 11) is 0. The third-order valence-electron chi connectivity index (χ3n) is 2.14. The van der Waals surface area contributed by atoms with Gasteiger partial charge in [-0.25, -0.2) is 4.79 Å². The number of rotatable bonds is 2. The molecule has 0 bridgehead atoms. The molecule has 1 aromatic heterocycles. The Hall–Kier alpha value is -2.17. The van der Waals surface area contributed by atoms with Crippen molar-refractivity contribution in [2.75, 3.05) is 12.3 Å². The monoisotopic (exact) mass is 217 g/mol. The number of nitrogens with two attached hydrogens (primary N) is 1. The van der Waals surface area contributed by atoms with Crippen molar-refractivity contribution in [2.24, 2.45) is 0 Å². The van der Waals surface area contributed by atoms with E-state index >= 15 is 0 Å². The van der Waals surface area contributed by atoms with Gasteiger partial charge < -0.3 is 10.5 Å². The highest BCUT2D eigenvalue weighted by Gasteiger charge is 2.12. The van der Waals surface area contributed by atoms with Crippen LogP contribution in [-0.4, -0.2) is 22.5 Å². The Balaban J connectivity index is 2.54. The molecule has 5 nitrogen and oxygen atoms in total. The second kappa shape index (κ2) is 4.14. The van der Waals surface area contributed by atoms with E-state index in [1.807, 2.05) is 0 Å². The van der Waals surface area contributed by atoms with Gasteiger partial charge in [-0.3, -0.25) is 9.97 Å². The molecule has 2 N–H and O–H groups in total. The Morgan fingerprint density at radius 2 is 1.94 bits per heavy atom. The summed E-state index contributed by atoms with van der Waals surface area (Å²) in [5.41, 5.74) is 7.72. The molecule has 0 aliphatic rings. The second-order valence-electron chi connectivity index (χ2n) is 3.20. The Bertz CT molecular complexity index is 540. The largest absolute Gasteiger partial charge is 0.462 e. The molecule has 1 heterocycles. The van der Waals surface area contributed by atoms with E-state index < -0.39 is 5.97 Å². The Labute approximate surface area is 92.3 Å². The first-order chi connectivity index (χ1) is 7.72. The molecule has 2 aromatic rings. The average Bonchev–Trinajstić information content (AvgIpc) is 2.28. The number of benzene rings is 1. The van der Waals surface area contributed by atoms with Crippen LogP contribution in [0.3, 0.4) is 0 Å². The minimum absolute atomic E-state index is 0.316. The zero-order valence-corrected chi connectivity index (χ0v) is 8.80. The molecule has 82 valence electrons. The second-order valence-corrected chi connectivity index (χ2v) is 3.20. The van der Waals surface area contributed by atoms with Crippen molar-refractivity contribution in [2.45, 2.75) is 6.92 Å². The summed E-state index contributed by atoms with van der Waals surface area (Å²) in [5, 5.41) is 0. The standard InChI is InChI=1S/C11H11N3O2/c1-2-16-11(15)7-5-9-10(6-8(7)12)14-4-3-13-9/h3-6H,2,12H2,1H3. The van der Waals surface area contributed by atoms with Gasteiger partial charge in [-0.15, -0.1) is 0 Å². The van der Waals surface area contributed by atoms with Crippen LogP contribution in [0.15, 0.2) is 24.5 Å². The zero-order chi connectivity index (χ0) is 11.5. The van der Waals surface area contributed by atoms with Crippen molar-refractivity contribution in [1.82, 2.24) is 9.97 Å². The van der Waals surface area contributed by atoms with Gasteiger partial charge in [0.25, 0.3) is 0 Å². The number of ether oxygens (including phenoxy) is 1. The molecule has 0 saturated carbocycles. The number of hydrogen-bond acceptors (Lipinski definition) is 5. The number of carbonyl (C=O) groups is 1. The van der Waals surface area contributed by atoms with Gasteiger partial charge in [-0.1, -0.05) is 0 Å². The molecular weight excluding hydrogens is 206 g/mol. The SMILES string of the molecule is CCOC(=O)c1cc2nccnc2cc1N. The molecule has 0 fully saturated rings. The number of fused-ring (bicyclic) bond motifs is 1. The lowest BCUT2D eigenvalue weighted by atomic mass is 10.1. The van der Waals surface area contributed by atoms with E-state index in [0.29, 0.717) is 28.9 Å². The van der Waals surface area contributed by atoms with Crippen LogP contribution in [-0.2, 0) is 4.74 Å². The van der Waals surface area contributed by atoms with E-state index in [2.05, 4.69) is 9.97 Å². The number of nitrogens with zero attached hydrogens (tertiary/aromatic N) is 2. The van der Waals surface area contributed by atoms with E-state index in [1.54, 1.807) is 31.5 Å². The summed E-state index contributed by atoms with van der Waals surface area (Å²) < 4.78 is 4.89. The molecule has 16 heavy (non-hydrogen) atoms. The highest BCUT2D eigenvalue weighted by atomic mass is 16.5. The third kappa shape index (κ3) is 1.79. The minimum atomic E-state index is -0.437. The van der Waals surface area contributed by atoms with Crippen molar-refractivity contribution in [1.29, 1.82) is 0 Å². The van der Waals surface area contributed by atoms with Gasteiger partial charge in [-0.2, -0.15) is 0 Å². The summed E-state index contributed by atoms with van der Waals surface area (Å²) >= 11 is 0. The van der Waals surface area contributed by atoms with E-state index in [4.69, 9.17) is 10.5 Å². The van der Waals surface area contributed by atoms with Gasteiger partial charge in [0.2, 0.25) is 0 Å². The number of nitrogen functional groups attached to an aromatic ring is 1. The highest BCUT2D eigenvalue weighted by Crippen LogP contribution is 2.19. The van der Waals surface area contributed by atoms with Crippen molar-refractivity contribution in [3.63, 3.8) is 0 Å². The van der Waals surface area contributed by atoms with Gasteiger partial charge >= 0.3 is 5.97 Å². The smallest absolute Gasteiger partial charge is 0.340 e. The fourth-order valence-corrected chi connectivity index (χ4v) is 1.41. The highest BCUT2D eigenvalue weighted by molar-refractivity contribution is 5.99. The third-order valence-corrected chi connectivity index (χ3v) is 2.14. The maximum atomic E-state index is 11.6. The van der Waals surface area contributed by atoms with Crippen LogP contribution in [0.25, 0.3) is 11.0 Å². The quantitative estimate of drug-likeness (QED) is 0.607. The Morgan fingerprint density at radius 3 is 2.56 bits per heavy atom. The maximum absolute atomic E-state index is 11.6.